The molecule has 112 valence electrons. The molecule has 0 saturated carbocycles. The molecule has 0 fully saturated rings. The number of aromatic nitrogens is 2. The molecule has 0 saturated heterocycles. The van der Waals surface area contributed by atoms with Crippen LogP contribution in [0.4, 0.5) is 13.2 Å². The van der Waals surface area contributed by atoms with Gasteiger partial charge in [0.2, 0.25) is 0 Å². The lowest BCUT2D eigenvalue weighted by molar-refractivity contribution is -0.137. The van der Waals surface area contributed by atoms with E-state index >= 15 is 0 Å². The number of nitrogens with zero attached hydrogens (tertiary/aromatic N) is 2. The maximum Gasteiger partial charge on any atom is 0.416 e. The van der Waals surface area contributed by atoms with Gasteiger partial charge in [0, 0.05) is 24.0 Å². The number of benzene rings is 1. The molecular weight excluding hydrogens is 283 g/mol. The number of rotatable bonds is 3. The van der Waals surface area contributed by atoms with Crippen molar-refractivity contribution < 1.29 is 18.0 Å². The first-order valence-electron chi connectivity index (χ1n) is 6.32. The lowest BCUT2D eigenvalue weighted by atomic mass is 10.1. The van der Waals surface area contributed by atoms with Gasteiger partial charge in [-0.1, -0.05) is 0 Å². The predicted molar refractivity (Wildman–Crippen MR) is 71.3 cm³/mol. The Hall–Kier alpha value is -2.31. The monoisotopic (exact) mass is 297 g/mol. The zero-order chi connectivity index (χ0) is 15.6. The van der Waals surface area contributed by atoms with Gasteiger partial charge in [-0.05, 0) is 32.0 Å². The summed E-state index contributed by atoms with van der Waals surface area (Å²) in [5.41, 5.74) is 0.0132. The molecule has 0 atom stereocenters. The van der Waals surface area contributed by atoms with Crippen molar-refractivity contribution in [2.75, 3.05) is 6.54 Å². The molecule has 0 radical (unpaired) electrons. The van der Waals surface area contributed by atoms with E-state index in [9.17, 15) is 18.0 Å². The Kier molecular flexibility index (Phi) is 4.02. The highest BCUT2D eigenvalue weighted by Crippen LogP contribution is 2.31. The first-order valence-corrected chi connectivity index (χ1v) is 6.32. The predicted octanol–water partition coefficient (Wildman–Crippen LogP) is 2.95. The minimum Gasteiger partial charge on any atom is -0.352 e. The van der Waals surface area contributed by atoms with E-state index < -0.39 is 17.6 Å². The zero-order valence-electron chi connectivity index (χ0n) is 11.5. The average Bonchev–Trinajstić information content (AvgIpc) is 2.84. The van der Waals surface area contributed by atoms with Crippen molar-refractivity contribution in [2.24, 2.45) is 0 Å². The molecule has 1 N–H and O–H groups in total. The summed E-state index contributed by atoms with van der Waals surface area (Å²) in [4.78, 5) is 15.8. The van der Waals surface area contributed by atoms with Crippen LogP contribution in [0, 0.1) is 6.92 Å². The highest BCUT2D eigenvalue weighted by atomic mass is 19.4. The minimum absolute atomic E-state index is 0.0342. The molecule has 1 heterocycles. The molecule has 0 spiro atoms. The molecule has 2 aromatic rings. The Morgan fingerprint density at radius 3 is 2.57 bits per heavy atom. The molecular formula is C14H14F3N3O. The number of hydrogen-bond acceptors (Lipinski definition) is 2. The number of imidazole rings is 1. The third kappa shape index (κ3) is 3.42. The summed E-state index contributed by atoms with van der Waals surface area (Å²) in [6, 6.07) is 3.24. The number of nitrogens with one attached hydrogen (secondary N) is 1. The van der Waals surface area contributed by atoms with E-state index in [1.54, 1.807) is 20.0 Å². The standard InChI is InChI=1S/C14H14F3N3O/c1-3-18-13(21)10-4-11(14(15,16)17)6-12(5-10)20-7-9(2)19-8-20/h4-8H,3H2,1-2H3,(H,18,21). The van der Waals surface area contributed by atoms with E-state index in [1.807, 2.05) is 0 Å². The molecule has 7 heteroatoms. The molecule has 0 aliphatic carbocycles. The largest absolute Gasteiger partial charge is 0.416 e. The molecule has 0 bridgehead atoms. The van der Waals surface area contributed by atoms with Crippen LogP contribution >= 0.6 is 0 Å². The van der Waals surface area contributed by atoms with E-state index in [0.717, 1.165) is 12.1 Å². The Balaban J connectivity index is 2.54. The van der Waals surface area contributed by atoms with E-state index in [2.05, 4.69) is 10.3 Å². The number of aryl methyl sites for hydroxylation is 1. The lowest BCUT2D eigenvalue weighted by Crippen LogP contribution is -2.23. The summed E-state index contributed by atoms with van der Waals surface area (Å²) in [7, 11) is 0. The number of alkyl halides is 3. The maximum absolute atomic E-state index is 13.0. The van der Waals surface area contributed by atoms with Gasteiger partial charge in [-0.2, -0.15) is 13.2 Å². The highest BCUT2D eigenvalue weighted by Gasteiger charge is 2.32. The van der Waals surface area contributed by atoms with Gasteiger partial charge in [0.05, 0.1) is 17.6 Å². The van der Waals surface area contributed by atoms with E-state index in [4.69, 9.17) is 0 Å². The van der Waals surface area contributed by atoms with Gasteiger partial charge in [0.15, 0.2) is 0 Å². The van der Waals surface area contributed by atoms with Crippen molar-refractivity contribution in [3.63, 3.8) is 0 Å². The number of halogens is 3. The molecule has 4 nitrogen and oxygen atoms in total. The Morgan fingerprint density at radius 2 is 2.05 bits per heavy atom. The maximum atomic E-state index is 13.0. The average molecular weight is 297 g/mol. The SMILES string of the molecule is CCNC(=O)c1cc(-n2cnc(C)c2)cc(C(F)(F)F)c1. The van der Waals surface area contributed by atoms with Crippen LogP contribution in [0.25, 0.3) is 5.69 Å². The lowest BCUT2D eigenvalue weighted by Gasteiger charge is -2.12. The molecule has 2 rings (SSSR count). The molecule has 0 aliphatic heterocycles. The Labute approximate surface area is 119 Å². The molecule has 1 aromatic heterocycles. The van der Waals surface area contributed by atoms with Crippen molar-refractivity contribution in [1.82, 2.24) is 14.9 Å². The second-order valence-corrected chi connectivity index (χ2v) is 4.55. The van der Waals surface area contributed by atoms with Crippen LogP contribution in [0.3, 0.4) is 0 Å². The zero-order valence-corrected chi connectivity index (χ0v) is 11.5. The van der Waals surface area contributed by atoms with E-state index in [1.165, 1.54) is 17.0 Å². The first kappa shape index (κ1) is 15.1. The van der Waals surface area contributed by atoms with Gasteiger partial charge < -0.3 is 9.88 Å². The number of hydrogen-bond donors (Lipinski definition) is 1. The van der Waals surface area contributed by atoms with Gasteiger partial charge in [-0.3, -0.25) is 4.79 Å². The highest BCUT2D eigenvalue weighted by molar-refractivity contribution is 5.95. The second-order valence-electron chi connectivity index (χ2n) is 4.55. The fourth-order valence-corrected chi connectivity index (χ4v) is 1.88. The van der Waals surface area contributed by atoms with Crippen molar-refractivity contribution in [3.8, 4) is 5.69 Å². The molecule has 1 aromatic carbocycles. The molecule has 0 aliphatic rings. The third-order valence-corrected chi connectivity index (χ3v) is 2.85. The van der Waals surface area contributed by atoms with Crippen molar-refractivity contribution in [2.45, 2.75) is 20.0 Å². The van der Waals surface area contributed by atoms with E-state index in [0.29, 0.717) is 12.2 Å². The normalized spacial score (nSPS) is 11.5. The quantitative estimate of drug-likeness (QED) is 0.947. The van der Waals surface area contributed by atoms with Gasteiger partial charge >= 0.3 is 6.18 Å². The van der Waals surface area contributed by atoms with Gasteiger partial charge in [0.1, 0.15) is 0 Å². The van der Waals surface area contributed by atoms with Crippen LogP contribution in [-0.2, 0) is 6.18 Å². The van der Waals surface area contributed by atoms with Crippen LogP contribution in [0.1, 0.15) is 28.5 Å². The number of carbonyl (C=O) groups is 1. The summed E-state index contributed by atoms with van der Waals surface area (Å²) in [5, 5.41) is 2.49. The topological polar surface area (TPSA) is 46.9 Å². The van der Waals surface area contributed by atoms with Gasteiger partial charge in [-0.15, -0.1) is 0 Å². The van der Waals surface area contributed by atoms with Crippen LogP contribution < -0.4 is 5.32 Å². The van der Waals surface area contributed by atoms with Gasteiger partial charge in [-0.25, -0.2) is 4.98 Å². The van der Waals surface area contributed by atoms with E-state index in [-0.39, 0.29) is 11.3 Å². The fourth-order valence-electron chi connectivity index (χ4n) is 1.88. The number of carbonyl (C=O) groups excluding carboxylic acids is 1. The molecule has 0 unspecified atom stereocenters. The summed E-state index contributed by atoms with van der Waals surface area (Å²) >= 11 is 0. The van der Waals surface area contributed by atoms with Crippen LogP contribution in [0.15, 0.2) is 30.7 Å². The van der Waals surface area contributed by atoms with Crippen molar-refractivity contribution in [3.05, 3.63) is 47.5 Å². The molecule has 1 amide bonds. The Morgan fingerprint density at radius 1 is 1.33 bits per heavy atom. The van der Waals surface area contributed by atoms with Crippen LogP contribution in [0.2, 0.25) is 0 Å². The molecule has 21 heavy (non-hydrogen) atoms. The summed E-state index contributed by atoms with van der Waals surface area (Å²) < 4.78 is 40.3. The first-order chi connectivity index (χ1) is 9.81. The van der Waals surface area contributed by atoms with Crippen molar-refractivity contribution >= 4 is 5.91 Å². The number of amides is 1. The summed E-state index contributed by atoms with van der Waals surface area (Å²) in [6.45, 7) is 3.77. The minimum atomic E-state index is -4.52. The van der Waals surface area contributed by atoms with Gasteiger partial charge in [0.25, 0.3) is 5.91 Å². The Bertz CT molecular complexity index is 662. The summed E-state index contributed by atoms with van der Waals surface area (Å²) in [5.74, 6) is -0.540. The second kappa shape index (κ2) is 5.59. The smallest absolute Gasteiger partial charge is 0.352 e. The fraction of sp³-hybridized carbons (Fsp3) is 0.286. The summed E-state index contributed by atoms with van der Waals surface area (Å²) in [6.07, 6.45) is -1.52. The van der Waals surface area contributed by atoms with Crippen LogP contribution in [0.5, 0.6) is 0 Å². The van der Waals surface area contributed by atoms with Crippen molar-refractivity contribution in [1.29, 1.82) is 0 Å². The third-order valence-electron chi connectivity index (χ3n) is 2.85. The van der Waals surface area contributed by atoms with Crippen LogP contribution in [-0.4, -0.2) is 22.0 Å².